The number of alkyl halides is 3. The zero-order valence-corrected chi connectivity index (χ0v) is 17.7. The molecule has 2 heterocycles. The number of aromatic amines is 1. The van der Waals surface area contributed by atoms with Crippen LogP contribution >= 0.6 is 0 Å². The molecule has 2 N–H and O–H groups in total. The van der Waals surface area contributed by atoms with Gasteiger partial charge in [-0.3, -0.25) is 14.9 Å². The molecule has 33 heavy (non-hydrogen) atoms. The number of imidazole rings is 1. The minimum Gasteiger partial charge on any atom is -0.366 e. The van der Waals surface area contributed by atoms with Crippen molar-refractivity contribution >= 4 is 28.3 Å². The van der Waals surface area contributed by atoms with E-state index in [0.717, 1.165) is 23.2 Å². The van der Waals surface area contributed by atoms with Crippen LogP contribution in [-0.4, -0.2) is 33.9 Å². The molecule has 0 unspecified atom stereocenters. The Morgan fingerprint density at radius 1 is 1.24 bits per heavy atom. The number of halogens is 3. The molecular formula is C22H22F3N5O3. The van der Waals surface area contributed by atoms with Crippen molar-refractivity contribution in [2.75, 3.05) is 18.0 Å². The number of fused-ring (bicyclic) bond motifs is 1. The molecule has 0 spiro atoms. The standard InChI is InChI=1S/C22H22F3N5O3/c1-13(20-27-16-4-2-3-5-17(16)28-20)26-21(31)14-8-10-29(11-9-14)18-7-6-15(22(23,24)25)12-19(18)30(32)33/h2-7,12-14H,8-11H2,1H3,(H,26,31)(H,27,28)/t13-/m1/s1. The smallest absolute Gasteiger partial charge is 0.366 e. The topological polar surface area (TPSA) is 104 Å². The lowest BCUT2D eigenvalue weighted by atomic mass is 9.95. The molecule has 0 radical (unpaired) electrons. The van der Waals surface area contributed by atoms with Crippen molar-refractivity contribution in [2.45, 2.75) is 32.0 Å². The van der Waals surface area contributed by atoms with Crippen LogP contribution in [0.25, 0.3) is 11.0 Å². The van der Waals surface area contributed by atoms with Crippen LogP contribution in [0.1, 0.15) is 37.2 Å². The summed E-state index contributed by atoms with van der Waals surface area (Å²) in [7, 11) is 0. The van der Waals surface area contributed by atoms with Crippen molar-refractivity contribution in [3.8, 4) is 0 Å². The number of nitro benzene ring substituents is 1. The highest BCUT2D eigenvalue weighted by molar-refractivity contribution is 5.80. The number of nitro groups is 1. The lowest BCUT2D eigenvalue weighted by molar-refractivity contribution is -0.384. The van der Waals surface area contributed by atoms with Gasteiger partial charge in [0, 0.05) is 25.1 Å². The number of anilines is 1. The molecule has 1 aromatic heterocycles. The predicted octanol–water partition coefficient (Wildman–Crippen LogP) is 4.58. The molecule has 3 aromatic rings. The number of H-pyrrole nitrogens is 1. The second kappa shape index (κ2) is 8.72. The molecule has 0 bridgehead atoms. The third-order valence-corrected chi connectivity index (χ3v) is 5.88. The van der Waals surface area contributed by atoms with E-state index >= 15 is 0 Å². The number of benzene rings is 2. The monoisotopic (exact) mass is 461 g/mol. The third-order valence-electron chi connectivity index (χ3n) is 5.88. The number of hydrogen-bond donors (Lipinski definition) is 2. The van der Waals surface area contributed by atoms with Crippen LogP contribution in [0.15, 0.2) is 42.5 Å². The van der Waals surface area contributed by atoms with Gasteiger partial charge < -0.3 is 15.2 Å². The van der Waals surface area contributed by atoms with Crippen LogP contribution in [0.5, 0.6) is 0 Å². The average molecular weight is 461 g/mol. The summed E-state index contributed by atoms with van der Waals surface area (Å²) < 4.78 is 38.8. The van der Waals surface area contributed by atoms with Crippen molar-refractivity contribution in [1.29, 1.82) is 0 Å². The molecule has 1 saturated heterocycles. The molecular weight excluding hydrogens is 439 g/mol. The highest BCUT2D eigenvalue weighted by Gasteiger charge is 2.35. The first-order valence-electron chi connectivity index (χ1n) is 10.5. The number of para-hydroxylation sites is 2. The number of piperidine rings is 1. The van der Waals surface area contributed by atoms with Crippen LogP contribution in [0.3, 0.4) is 0 Å². The summed E-state index contributed by atoms with van der Waals surface area (Å²) in [6, 6.07) is 9.74. The van der Waals surface area contributed by atoms with E-state index in [2.05, 4.69) is 15.3 Å². The van der Waals surface area contributed by atoms with Gasteiger partial charge in [-0.25, -0.2) is 4.98 Å². The minimum atomic E-state index is -4.66. The number of nitrogens with zero attached hydrogens (tertiary/aromatic N) is 3. The van der Waals surface area contributed by atoms with Gasteiger partial charge in [-0.2, -0.15) is 13.2 Å². The van der Waals surface area contributed by atoms with Gasteiger partial charge in [0.2, 0.25) is 5.91 Å². The first kappa shape index (κ1) is 22.6. The fourth-order valence-electron chi connectivity index (χ4n) is 4.07. The largest absolute Gasteiger partial charge is 0.416 e. The Hall–Kier alpha value is -3.63. The van der Waals surface area contributed by atoms with Crippen LogP contribution in [-0.2, 0) is 11.0 Å². The maximum atomic E-state index is 12.9. The Balaban J connectivity index is 1.40. The molecule has 1 atom stereocenters. The number of carbonyl (C=O) groups excluding carboxylic acids is 1. The van der Waals surface area contributed by atoms with Gasteiger partial charge in [0.15, 0.2) is 0 Å². The summed E-state index contributed by atoms with van der Waals surface area (Å²) in [5.41, 5.74) is 0.153. The zero-order chi connectivity index (χ0) is 23.8. The second-order valence-corrected chi connectivity index (χ2v) is 8.09. The van der Waals surface area contributed by atoms with Gasteiger partial charge in [0.25, 0.3) is 5.69 Å². The first-order chi connectivity index (χ1) is 15.6. The Bertz CT molecular complexity index is 1150. The second-order valence-electron chi connectivity index (χ2n) is 8.09. The summed E-state index contributed by atoms with van der Waals surface area (Å²) in [5.74, 6) is 0.188. The van der Waals surface area contributed by atoms with E-state index in [1.807, 2.05) is 31.2 Å². The van der Waals surface area contributed by atoms with Gasteiger partial charge >= 0.3 is 6.18 Å². The van der Waals surface area contributed by atoms with Crippen molar-refractivity contribution in [2.24, 2.45) is 5.92 Å². The Morgan fingerprint density at radius 3 is 2.58 bits per heavy atom. The third kappa shape index (κ3) is 4.76. The summed E-state index contributed by atoms with van der Waals surface area (Å²) in [6.45, 7) is 2.48. The Kier molecular flexibility index (Phi) is 5.96. The number of rotatable bonds is 5. The van der Waals surface area contributed by atoms with E-state index < -0.39 is 22.4 Å². The van der Waals surface area contributed by atoms with Crippen molar-refractivity contribution < 1.29 is 22.9 Å². The molecule has 11 heteroatoms. The number of nitrogens with one attached hydrogen (secondary N) is 2. The molecule has 0 saturated carbocycles. The number of aromatic nitrogens is 2. The normalized spacial score (nSPS) is 16.1. The first-order valence-corrected chi connectivity index (χ1v) is 10.5. The van der Waals surface area contributed by atoms with E-state index in [-0.39, 0.29) is 23.6 Å². The summed E-state index contributed by atoms with van der Waals surface area (Å²) in [4.78, 5) is 32.7. The highest BCUT2D eigenvalue weighted by Crippen LogP contribution is 2.37. The lowest BCUT2D eigenvalue weighted by Gasteiger charge is -2.33. The van der Waals surface area contributed by atoms with Crippen LogP contribution in [0.2, 0.25) is 0 Å². The van der Waals surface area contributed by atoms with Gasteiger partial charge in [-0.05, 0) is 44.0 Å². The fourth-order valence-corrected chi connectivity index (χ4v) is 4.07. The van der Waals surface area contributed by atoms with Crippen molar-refractivity contribution in [3.63, 3.8) is 0 Å². The molecule has 1 aliphatic heterocycles. The molecule has 8 nitrogen and oxygen atoms in total. The highest BCUT2D eigenvalue weighted by atomic mass is 19.4. The summed E-state index contributed by atoms with van der Waals surface area (Å²) in [5, 5.41) is 14.3. The zero-order valence-electron chi connectivity index (χ0n) is 17.7. The molecule has 0 aliphatic carbocycles. The maximum absolute atomic E-state index is 12.9. The molecule has 174 valence electrons. The van der Waals surface area contributed by atoms with Crippen molar-refractivity contribution in [3.05, 3.63) is 64.0 Å². The molecule has 1 fully saturated rings. The molecule has 4 rings (SSSR count). The fraction of sp³-hybridized carbons (Fsp3) is 0.364. The SMILES string of the molecule is C[C@@H](NC(=O)C1CCN(c2ccc(C(F)(F)F)cc2[N+](=O)[O-])CC1)c1nc2ccccc2[nH]1. The van der Waals surface area contributed by atoms with Gasteiger partial charge in [0.05, 0.1) is 27.6 Å². The number of amides is 1. The maximum Gasteiger partial charge on any atom is 0.416 e. The molecule has 1 amide bonds. The van der Waals surface area contributed by atoms with Gasteiger partial charge in [0.1, 0.15) is 11.5 Å². The van der Waals surface area contributed by atoms with Crippen LogP contribution < -0.4 is 10.2 Å². The van der Waals surface area contributed by atoms with Gasteiger partial charge in [-0.15, -0.1) is 0 Å². The van der Waals surface area contributed by atoms with E-state index in [9.17, 15) is 28.1 Å². The average Bonchev–Trinajstić information content (AvgIpc) is 3.22. The quantitative estimate of drug-likeness (QED) is 0.427. The Labute approximate surface area is 186 Å². The molecule has 2 aromatic carbocycles. The predicted molar refractivity (Wildman–Crippen MR) is 116 cm³/mol. The Morgan fingerprint density at radius 2 is 1.94 bits per heavy atom. The number of hydrogen-bond acceptors (Lipinski definition) is 5. The van der Waals surface area contributed by atoms with Crippen LogP contribution in [0, 0.1) is 16.0 Å². The van der Waals surface area contributed by atoms with Gasteiger partial charge in [-0.1, -0.05) is 12.1 Å². The van der Waals surface area contributed by atoms with E-state index in [1.54, 1.807) is 4.90 Å². The van der Waals surface area contributed by atoms with Crippen molar-refractivity contribution in [1.82, 2.24) is 15.3 Å². The minimum absolute atomic E-state index is 0.127. The van der Waals surface area contributed by atoms with E-state index in [1.165, 1.54) is 0 Å². The summed E-state index contributed by atoms with van der Waals surface area (Å²) >= 11 is 0. The molecule has 1 aliphatic rings. The van der Waals surface area contributed by atoms with E-state index in [0.29, 0.717) is 37.8 Å². The summed E-state index contributed by atoms with van der Waals surface area (Å²) in [6.07, 6.45) is -3.81. The number of carbonyl (C=O) groups is 1. The lowest BCUT2D eigenvalue weighted by Crippen LogP contribution is -2.41. The van der Waals surface area contributed by atoms with Crippen LogP contribution in [0.4, 0.5) is 24.5 Å². The van der Waals surface area contributed by atoms with E-state index in [4.69, 9.17) is 0 Å².